The van der Waals surface area contributed by atoms with Gasteiger partial charge >= 0.3 is 0 Å². The SMILES string of the molecule is Cc1c(C(=O)Nc2cn(C)cn2)ccc(-c2nn3c(c2C(N)=O)Nc2ccc(C(C)(C)C)cc2CC3)c1F. The minimum atomic E-state index is -0.725. The van der Waals surface area contributed by atoms with Crippen LogP contribution in [0.2, 0.25) is 0 Å². The Morgan fingerprint density at radius 2 is 1.95 bits per heavy atom. The fourth-order valence-corrected chi connectivity index (χ4v) is 4.69. The number of carbonyl (C=O) groups is 2. The Kier molecular flexibility index (Phi) is 6.05. The molecule has 0 fully saturated rings. The van der Waals surface area contributed by atoms with Crippen LogP contribution in [-0.2, 0) is 25.4 Å². The molecule has 38 heavy (non-hydrogen) atoms. The van der Waals surface area contributed by atoms with Gasteiger partial charge in [0.25, 0.3) is 11.8 Å². The van der Waals surface area contributed by atoms with Crippen molar-refractivity contribution in [3.05, 3.63) is 76.5 Å². The molecule has 0 saturated carbocycles. The van der Waals surface area contributed by atoms with Gasteiger partial charge in [0.05, 0.1) is 6.33 Å². The number of nitrogens with two attached hydrogens (primary N) is 1. The van der Waals surface area contributed by atoms with E-state index in [9.17, 15) is 9.59 Å². The number of carbonyl (C=O) groups excluding carboxylic acids is 2. The summed E-state index contributed by atoms with van der Waals surface area (Å²) in [6.07, 6.45) is 3.87. The quantitative estimate of drug-likeness (QED) is 0.365. The van der Waals surface area contributed by atoms with Gasteiger partial charge in [-0.15, -0.1) is 0 Å². The number of hydrogen-bond donors (Lipinski definition) is 3. The highest BCUT2D eigenvalue weighted by atomic mass is 19.1. The average molecular weight is 516 g/mol. The van der Waals surface area contributed by atoms with Gasteiger partial charge in [-0.3, -0.25) is 9.59 Å². The van der Waals surface area contributed by atoms with Gasteiger partial charge in [-0.1, -0.05) is 32.9 Å². The molecule has 2 amide bonds. The first-order chi connectivity index (χ1) is 17.9. The molecule has 0 bridgehead atoms. The van der Waals surface area contributed by atoms with Gasteiger partial charge < -0.3 is 20.9 Å². The van der Waals surface area contributed by atoms with Crippen molar-refractivity contribution in [1.29, 1.82) is 0 Å². The van der Waals surface area contributed by atoms with Crippen LogP contribution in [0, 0.1) is 12.7 Å². The number of hydrogen-bond acceptors (Lipinski definition) is 5. The third-order valence-corrected chi connectivity index (χ3v) is 6.85. The molecule has 0 radical (unpaired) electrons. The number of primary amides is 1. The van der Waals surface area contributed by atoms with Crippen molar-refractivity contribution in [2.45, 2.75) is 46.1 Å². The van der Waals surface area contributed by atoms with E-state index >= 15 is 4.39 Å². The maximum Gasteiger partial charge on any atom is 0.257 e. The number of nitrogens with one attached hydrogen (secondary N) is 2. The van der Waals surface area contributed by atoms with E-state index < -0.39 is 17.6 Å². The third kappa shape index (κ3) is 4.42. The summed E-state index contributed by atoms with van der Waals surface area (Å²) in [5.74, 6) is -1.09. The van der Waals surface area contributed by atoms with E-state index in [1.165, 1.54) is 24.6 Å². The molecule has 10 heteroatoms. The minimum absolute atomic E-state index is 0.00345. The normalized spacial score (nSPS) is 12.8. The molecule has 0 atom stereocenters. The lowest BCUT2D eigenvalue weighted by Gasteiger charge is -2.21. The molecule has 0 aliphatic carbocycles. The number of anilines is 3. The molecule has 1 aliphatic heterocycles. The minimum Gasteiger partial charge on any atom is -0.365 e. The van der Waals surface area contributed by atoms with E-state index in [1.807, 2.05) is 6.07 Å². The number of amides is 2. The topological polar surface area (TPSA) is 120 Å². The van der Waals surface area contributed by atoms with Crippen LogP contribution in [0.5, 0.6) is 0 Å². The van der Waals surface area contributed by atoms with E-state index in [2.05, 4.69) is 53.6 Å². The zero-order valence-corrected chi connectivity index (χ0v) is 22.0. The molecule has 2 aromatic heterocycles. The summed E-state index contributed by atoms with van der Waals surface area (Å²) in [6.45, 7) is 8.47. The molecule has 1 aliphatic rings. The van der Waals surface area contributed by atoms with Crippen LogP contribution in [0.15, 0.2) is 42.9 Å². The summed E-state index contributed by atoms with van der Waals surface area (Å²) in [7, 11) is 1.78. The van der Waals surface area contributed by atoms with E-state index in [-0.39, 0.29) is 33.4 Å². The second-order valence-electron chi connectivity index (χ2n) is 10.6. The summed E-state index contributed by atoms with van der Waals surface area (Å²) in [5.41, 5.74) is 9.56. The number of rotatable bonds is 4. The molecular weight excluding hydrogens is 485 g/mol. The van der Waals surface area contributed by atoms with E-state index in [0.717, 1.165) is 11.3 Å². The number of imidazole rings is 1. The summed E-state index contributed by atoms with van der Waals surface area (Å²) in [5, 5.41) is 10.6. The molecule has 0 unspecified atom stereocenters. The van der Waals surface area contributed by atoms with Gasteiger partial charge in [0, 0.05) is 36.6 Å². The lowest BCUT2D eigenvalue weighted by atomic mass is 9.85. The molecular formula is C28H30FN7O2. The van der Waals surface area contributed by atoms with Gasteiger partial charge in [-0.25, -0.2) is 14.1 Å². The van der Waals surface area contributed by atoms with Crippen LogP contribution < -0.4 is 16.4 Å². The molecule has 4 N–H and O–H groups in total. The fraction of sp³-hybridized carbons (Fsp3) is 0.286. The molecule has 196 valence electrons. The standard InChI is InChI=1S/C28H30FN7O2/c1-15-18(27(38)33-21-13-35(5)14-31-21)7-8-19(23(15)29)24-22(25(30)37)26-32-20-9-6-17(28(2,3)4)12-16(20)10-11-36(26)34-24/h6-9,12-14,32H,10-11H2,1-5H3,(H2,30,37)(H,33,38). The van der Waals surface area contributed by atoms with Crippen LogP contribution in [0.4, 0.5) is 21.7 Å². The van der Waals surface area contributed by atoms with Gasteiger partial charge in [-0.05, 0) is 53.6 Å². The van der Waals surface area contributed by atoms with E-state index in [4.69, 9.17) is 5.73 Å². The Hall–Kier alpha value is -4.47. The number of halogens is 1. The number of aromatic nitrogens is 4. The van der Waals surface area contributed by atoms with E-state index in [1.54, 1.807) is 28.8 Å². The first-order valence-corrected chi connectivity index (χ1v) is 12.3. The molecule has 0 saturated heterocycles. The van der Waals surface area contributed by atoms with Gasteiger partial charge in [-0.2, -0.15) is 5.10 Å². The lowest BCUT2D eigenvalue weighted by molar-refractivity contribution is 0.0998. The number of nitrogens with zero attached hydrogens (tertiary/aromatic N) is 4. The summed E-state index contributed by atoms with van der Waals surface area (Å²) in [4.78, 5) is 29.5. The second-order valence-corrected chi connectivity index (χ2v) is 10.6. The van der Waals surface area contributed by atoms with Crippen LogP contribution in [-0.4, -0.2) is 31.1 Å². The van der Waals surface area contributed by atoms with Crippen molar-refractivity contribution in [1.82, 2.24) is 19.3 Å². The third-order valence-electron chi connectivity index (χ3n) is 6.85. The molecule has 4 aromatic rings. The van der Waals surface area contributed by atoms with Crippen molar-refractivity contribution in [2.75, 3.05) is 10.6 Å². The van der Waals surface area contributed by atoms with Crippen molar-refractivity contribution in [3.8, 4) is 11.3 Å². The van der Waals surface area contributed by atoms with Gasteiger partial charge in [0.15, 0.2) is 5.82 Å². The fourth-order valence-electron chi connectivity index (χ4n) is 4.69. The summed E-state index contributed by atoms with van der Waals surface area (Å²) >= 11 is 0. The Morgan fingerprint density at radius 1 is 1.18 bits per heavy atom. The highest BCUT2D eigenvalue weighted by molar-refractivity contribution is 6.07. The molecule has 3 heterocycles. The Morgan fingerprint density at radius 3 is 2.61 bits per heavy atom. The Labute approximate surface area is 219 Å². The van der Waals surface area contributed by atoms with Gasteiger partial charge in [0.2, 0.25) is 0 Å². The first kappa shape index (κ1) is 25.2. The van der Waals surface area contributed by atoms with Gasteiger partial charge in [0.1, 0.15) is 22.9 Å². The second kappa shape index (κ2) is 9.13. The molecule has 2 aromatic carbocycles. The van der Waals surface area contributed by atoms with Crippen LogP contribution in [0.1, 0.15) is 58.2 Å². The molecule has 9 nitrogen and oxygen atoms in total. The highest BCUT2D eigenvalue weighted by Gasteiger charge is 2.29. The zero-order valence-electron chi connectivity index (χ0n) is 22.0. The van der Waals surface area contributed by atoms with Crippen molar-refractivity contribution < 1.29 is 14.0 Å². The monoisotopic (exact) mass is 515 g/mol. The average Bonchev–Trinajstić information content (AvgIpc) is 3.36. The number of fused-ring (bicyclic) bond motifs is 2. The van der Waals surface area contributed by atoms with Crippen LogP contribution in [0.3, 0.4) is 0 Å². The molecule has 5 rings (SSSR count). The van der Waals surface area contributed by atoms with Crippen LogP contribution in [0.25, 0.3) is 11.3 Å². The summed E-state index contributed by atoms with van der Waals surface area (Å²) < 4.78 is 19.1. The van der Waals surface area contributed by atoms with Crippen molar-refractivity contribution in [3.63, 3.8) is 0 Å². The maximum atomic E-state index is 15.7. The van der Waals surface area contributed by atoms with Crippen molar-refractivity contribution in [2.24, 2.45) is 12.8 Å². The van der Waals surface area contributed by atoms with E-state index in [0.29, 0.717) is 24.6 Å². The predicted octanol–water partition coefficient (Wildman–Crippen LogP) is 4.68. The smallest absolute Gasteiger partial charge is 0.257 e. The Bertz CT molecular complexity index is 1590. The maximum absolute atomic E-state index is 15.7. The number of aryl methyl sites for hydroxylation is 3. The Balaban J connectivity index is 1.53. The lowest BCUT2D eigenvalue weighted by Crippen LogP contribution is -2.16. The number of benzene rings is 2. The first-order valence-electron chi connectivity index (χ1n) is 12.3. The van der Waals surface area contributed by atoms with Crippen molar-refractivity contribution >= 4 is 29.1 Å². The molecule has 0 spiro atoms. The van der Waals surface area contributed by atoms with Crippen LogP contribution >= 0.6 is 0 Å². The predicted molar refractivity (Wildman–Crippen MR) is 144 cm³/mol. The summed E-state index contributed by atoms with van der Waals surface area (Å²) in [6, 6.07) is 9.17. The highest BCUT2D eigenvalue weighted by Crippen LogP contribution is 2.37. The largest absolute Gasteiger partial charge is 0.365 e. The zero-order chi connectivity index (χ0) is 27.4.